The first-order valence-corrected chi connectivity index (χ1v) is 5.91. The largest absolute Gasteiger partial charge is 0.454 e. The van der Waals surface area contributed by atoms with Gasteiger partial charge in [0.25, 0.3) is 0 Å². The molecule has 0 bridgehead atoms. The van der Waals surface area contributed by atoms with Gasteiger partial charge in [0.05, 0.1) is 15.7 Å². The summed E-state index contributed by atoms with van der Waals surface area (Å²) in [6.45, 7) is 1.90. The standard InChI is InChI=1S/C13H10Cl2FNO/c1-7-2-3-8(14)12(4-7)18-13-6-10(16)9(15)5-11(13)17/h2-6H,17H2,1H3. The number of anilines is 1. The fourth-order valence-electron chi connectivity index (χ4n) is 1.44. The van der Waals surface area contributed by atoms with E-state index in [-0.39, 0.29) is 16.5 Å². The van der Waals surface area contributed by atoms with Crippen LogP contribution in [0.1, 0.15) is 5.56 Å². The van der Waals surface area contributed by atoms with E-state index in [2.05, 4.69) is 0 Å². The average Bonchev–Trinajstić information content (AvgIpc) is 2.30. The van der Waals surface area contributed by atoms with Crippen molar-refractivity contribution in [2.75, 3.05) is 5.73 Å². The van der Waals surface area contributed by atoms with Gasteiger partial charge in [-0.3, -0.25) is 0 Å². The van der Waals surface area contributed by atoms with Crippen LogP contribution in [-0.2, 0) is 0 Å². The molecule has 2 rings (SSSR count). The summed E-state index contributed by atoms with van der Waals surface area (Å²) in [4.78, 5) is 0. The molecule has 0 amide bonds. The molecule has 0 radical (unpaired) electrons. The summed E-state index contributed by atoms with van der Waals surface area (Å²) in [6.07, 6.45) is 0. The minimum atomic E-state index is -0.593. The van der Waals surface area contributed by atoms with Crippen LogP contribution >= 0.6 is 23.2 Å². The molecule has 0 aromatic heterocycles. The maximum absolute atomic E-state index is 13.3. The number of hydrogen-bond donors (Lipinski definition) is 1. The fraction of sp³-hybridized carbons (Fsp3) is 0.0769. The molecule has 0 aliphatic heterocycles. The molecule has 94 valence electrons. The second kappa shape index (κ2) is 5.04. The summed E-state index contributed by atoms with van der Waals surface area (Å²) in [5.74, 6) is 0.0131. The zero-order chi connectivity index (χ0) is 13.3. The summed E-state index contributed by atoms with van der Waals surface area (Å²) in [5.41, 5.74) is 6.93. The van der Waals surface area contributed by atoms with Gasteiger partial charge < -0.3 is 10.5 Å². The first-order chi connectivity index (χ1) is 8.47. The Labute approximate surface area is 114 Å². The van der Waals surface area contributed by atoms with Gasteiger partial charge in [0.2, 0.25) is 0 Å². The average molecular weight is 286 g/mol. The predicted molar refractivity (Wildman–Crippen MR) is 72.1 cm³/mol. The van der Waals surface area contributed by atoms with Crippen LogP contribution in [0.25, 0.3) is 0 Å². The molecule has 0 saturated carbocycles. The van der Waals surface area contributed by atoms with Crippen LogP contribution in [0.15, 0.2) is 30.3 Å². The summed E-state index contributed by atoms with van der Waals surface area (Å²) in [6, 6.07) is 7.73. The fourth-order valence-corrected chi connectivity index (χ4v) is 1.77. The Kier molecular flexibility index (Phi) is 3.64. The normalized spacial score (nSPS) is 10.4. The van der Waals surface area contributed by atoms with E-state index in [9.17, 15) is 4.39 Å². The summed E-state index contributed by atoms with van der Waals surface area (Å²) < 4.78 is 18.8. The van der Waals surface area contributed by atoms with Crippen molar-refractivity contribution in [1.82, 2.24) is 0 Å². The van der Waals surface area contributed by atoms with Crippen molar-refractivity contribution < 1.29 is 9.13 Å². The van der Waals surface area contributed by atoms with Gasteiger partial charge in [0.15, 0.2) is 5.75 Å². The SMILES string of the molecule is Cc1ccc(Cl)c(Oc2cc(F)c(Cl)cc2N)c1. The van der Waals surface area contributed by atoms with Gasteiger partial charge >= 0.3 is 0 Å². The van der Waals surface area contributed by atoms with E-state index in [0.29, 0.717) is 10.8 Å². The molecule has 0 saturated heterocycles. The highest BCUT2D eigenvalue weighted by Gasteiger charge is 2.10. The van der Waals surface area contributed by atoms with Gasteiger partial charge in [-0.15, -0.1) is 0 Å². The number of hydrogen-bond acceptors (Lipinski definition) is 2. The van der Waals surface area contributed by atoms with Crippen molar-refractivity contribution in [3.63, 3.8) is 0 Å². The number of ether oxygens (including phenoxy) is 1. The number of benzene rings is 2. The zero-order valence-electron chi connectivity index (χ0n) is 9.51. The molecule has 0 spiro atoms. The van der Waals surface area contributed by atoms with E-state index < -0.39 is 5.82 Å². The zero-order valence-corrected chi connectivity index (χ0v) is 11.0. The molecule has 0 fully saturated rings. The first kappa shape index (κ1) is 13.0. The number of rotatable bonds is 2. The highest BCUT2D eigenvalue weighted by Crippen LogP contribution is 2.35. The quantitative estimate of drug-likeness (QED) is 0.803. The number of nitrogen functional groups attached to an aromatic ring is 1. The van der Waals surface area contributed by atoms with Crippen LogP contribution in [0.4, 0.5) is 10.1 Å². The molecule has 2 nitrogen and oxygen atoms in total. The van der Waals surface area contributed by atoms with Gasteiger partial charge in [-0.1, -0.05) is 29.3 Å². The van der Waals surface area contributed by atoms with Gasteiger partial charge in [0, 0.05) is 6.07 Å². The number of nitrogens with two attached hydrogens (primary N) is 1. The monoisotopic (exact) mass is 285 g/mol. The van der Waals surface area contributed by atoms with Crippen molar-refractivity contribution >= 4 is 28.9 Å². The molecular formula is C13H10Cl2FNO. The van der Waals surface area contributed by atoms with Crippen molar-refractivity contribution in [2.45, 2.75) is 6.92 Å². The van der Waals surface area contributed by atoms with Gasteiger partial charge in [-0.2, -0.15) is 0 Å². The lowest BCUT2D eigenvalue weighted by Crippen LogP contribution is -1.94. The van der Waals surface area contributed by atoms with Crippen LogP contribution in [0, 0.1) is 12.7 Å². The number of halogens is 3. The molecule has 0 aliphatic rings. The molecule has 5 heteroatoms. The van der Waals surface area contributed by atoms with Crippen LogP contribution in [0.2, 0.25) is 10.0 Å². The third kappa shape index (κ3) is 2.68. The van der Waals surface area contributed by atoms with Crippen molar-refractivity contribution in [3.05, 3.63) is 51.8 Å². The Morgan fingerprint density at radius 1 is 1.06 bits per heavy atom. The molecule has 0 heterocycles. The second-order valence-electron chi connectivity index (χ2n) is 3.84. The van der Waals surface area contributed by atoms with E-state index in [1.807, 2.05) is 13.0 Å². The van der Waals surface area contributed by atoms with E-state index in [1.165, 1.54) is 6.07 Å². The molecule has 0 atom stereocenters. The van der Waals surface area contributed by atoms with Crippen molar-refractivity contribution in [3.8, 4) is 11.5 Å². The van der Waals surface area contributed by atoms with Gasteiger partial charge in [-0.05, 0) is 30.7 Å². The lowest BCUT2D eigenvalue weighted by molar-refractivity contribution is 0.479. The third-order valence-corrected chi connectivity index (χ3v) is 2.96. The Bertz CT molecular complexity index is 602. The predicted octanol–water partition coefficient (Wildman–Crippen LogP) is 4.82. The molecule has 2 N–H and O–H groups in total. The van der Waals surface area contributed by atoms with Gasteiger partial charge in [-0.25, -0.2) is 4.39 Å². The molecule has 2 aromatic rings. The maximum atomic E-state index is 13.3. The highest BCUT2D eigenvalue weighted by atomic mass is 35.5. The third-order valence-electron chi connectivity index (χ3n) is 2.36. The van der Waals surface area contributed by atoms with Crippen LogP contribution in [0.3, 0.4) is 0 Å². The molecule has 0 aliphatic carbocycles. The molecule has 18 heavy (non-hydrogen) atoms. The Hall–Kier alpha value is -1.45. The lowest BCUT2D eigenvalue weighted by atomic mass is 10.2. The summed E-state index contributed by atoms with van der Waals surface area (Å²) in [7, 11) is 0. The smallest absolute Gasteiger partial charge is 0.153 e. The van der Waals surface area contributed by atoms with Crippen LogP contribution < -0.4 is 10.5 Å². The van der Waals surface area contributed by atoms with Crippen LogP contribution in [-0.4, -0.2) is 0 Å². The minimum absolute atomic E-state index is 0.0461. The van der Waals surface area contributed by atoms with Crippen molar-refractivity contribution in [1.29, 1.82) is 0 Å². The van der Waals surface area contributed by atoms with E-state index in [0.717, 1.165) is 11.6 Å². The molecule has 2 aromatic carbocycles. The Balaban J connectivity index is 2.40. The summed E-state index contributed by atoms with van der Waals surface area (Å²) >= 11 is 11.6. The van der Waals surface area contributed by atoms with E-state index in [4.69, 9.17) is 33.7 Å². The lowest BCUT2D eigenvalue weighted by Gasteiger charge is -2.11. The first-order valence-electron chi connectivity index (χ1n) is 5.16. The second-order valence-corrected chi connectivity index (χ2v) is 4.65. The Morgan fingerprint density at radius 3 is 2.50 bits per heavy atom. The van der Waals surface area contributed by atoms with Gasteiger partial charge in [0.1, 0.15) is 11.6 Å². The van der Waals surface area contributed by atoms with Crippen LogP contribution in [0.5, 0.6) is 11.5 Å². The highest BCUT2D eigenvalue weighted by molar-refractivity contribution is 6.32. The molecular weight excluding hydrogens is 276 g/mol. The topological polar surface area (TPSA) is 35.2 Å². The van der Waals surface area contributed by atoms with Crippen molar-refractivity contribution in [2.24, 2.45) is 0 Å². The molecule has 0 unspecified atom stereocenters. The minimum Gasteiger partial charge on any atom is -0.454 e. The van der Waals surface area contributed by atoms with E-state index in [1.54, 1.807) is 12.1 Å². The Morgan fingerprint density at radius 2 is 1.78 bits per heavy atom. The maximum Gasteiger partial charge on any atom is 0.153 e. The number of aryl methyl sites for hydroxylation is 1. The summed E-state index contributed by atoms with van der Waals surface area (Å²) in [5, 5.41) is 0.380. The van der Waals surface area contributed by atoms with E-state index >= 15 is 0 Å².